The van der Waals surface area contributed by atoms with Crippen LogP contribution in [0.15, 0.2) is 36.7 Å². The summed E-state index contributed by atoms with van der Waals surface area (Å²) in [6, 6.07) is 8.50. The second kappa shape index (κ2) is 6.01. The fourth-order valence-electron chi connectivity index (χ4n) is 2.65. The molecule has 1 heterocycles. The third-order valence-corrected chi connectivity index (χ3v) is 3.62. The van der Waals surface area contributed by atoms with Gasteiger partial charge in [0, 0.05) is 6.54 Å². The summed E-state index contributed by atoms with van der Waals surface area (Å²) in [5.41, 5.74) is 3.60. The van der Waals surface area contributed by atoms with Crippen LogP contribution in [0.1, 0.15) is 35.8 Å². The summed E-state index contributed by atoms with van der Waals surface area (Å²) >= 11 is 0. The molecule has 1 aromatic carbocycles. The predicted octanol–water partition coefficient (Wildman–Crippen LogP) is 2.65. The Balaban J connectivity index is 1.75. The molecular weight excluding hydrogens is 250 g/mol. The molecule has 0 aliphatic heterocycles. The first-order chi connectivity index (χ1) is 9.86. The summed E-state index contributed by atoms with van der Waals surface area (Å²) in [4.78, 5) is 8.68. The van der Waals surface area contributed by atoms with E-state index in [1.807, 2.05) is 7.05 Å². The van der Waals surface area contributed by atoms with E-state index in [9.17, 15) is 0 Å². The van der Waals surface area contributed by atoms with E-state index >= 15 is 0 Å². The van der Waals surface area contributed by atoms with Gasteiger partial charge in [0.05, 0.1) is 18.1 Å². The van der Waals surface area contributed by atoms with Crippen molar-refractivity contribution in [3.05, 3.63) is 53.5 Å². The van der Waals surface area contributed by atoms with Gasteiger partial charge in [-0.05, 0) is 37.4 Å². The highest BCUT2D eigenvalue weighted by Gasteiger charge is 2.21. The Labute approximate surface area is 119 Å². The first kappa shape index (κ1) is 13.1. The van der Waals surface area contributed by atoms with Crippen LogP contribution in [-0.4, -0.2) is 17.0 Å². The Morgan fingerprint density at radius 2 is 2.15 bits per heavy atom. The fraction of sp³-hybridized carbons (Fsp3) is 0.375. The molecule has 2 aromatic rings. The number of aryl methyl sites for hydroxylation is 1. The molecule has 0 spiro atoms. The highest BCUT2D eigenvalue weighted by atomic mass is 16.5. The summed E-state index contributed by atoms with van der Waals surface area (Å²) < 4.78 is 6.02. The summed E-state index contributed by atoms with van der Waals surface area (Å²) in [5.74, 6) is 0.603. The topological polar surface area (TPSA) is 47.0 Å². The number of fused-ring (bicyclic) bond motifs is 1. The zero-order chi connectivity index (χ0) is 13.8. The van der Waals surface area contributed by atoms with Gasteiger partial charge < -0.3 is 10.1 Å². The van der Waals surface area contributed by atoms with Gasteiger partial charge in [-0.2, -0.15) is 0 Å². The van der Waals surface area contributed by atoms with E-state index in [0.29, 0.717) is 5.88 Å². The molecule has 1 N–H and O–H groups in total. The zero-order valence-electron chi connectivity index (χ0n) is 11.7. The monoisotopic (exact) mass is 269 g/mol. The summed E-state index contributed by atoms with van der Waals surface area (Å²) in [5, 5.41) is 3.05. The largest absolute Gasteiger partial charge is 0.468 e. The summed E-state index contributed by atoms with van der Waals surface area (Å²) in [7, 11) is 1.89. The molecule has 0 radical (unpaired) electrons. The predicted molar refractivity (Wildman–Crippen MR) is 77.5 cm³/mol. The number of hydrogen-bond donors (Lipinski definition) is 1. The van der Waals surface area contributed by atoms with Crippen LogP contribution in [0, 0.1) is 0 Å². The summed E-state index contributed by atoms with van der Waals surface area (Å²) in [6.07, 6.45) is 6.92. The maximum absolute atomic E-state index is 6.02. The van der Waals surface area contributed by atoms with Crippen molar-refractivity contribution < 1.29 is 4.74 Å². The molecule has 0 saturated heterocycles. The van der Waals surface area contributed by atoms with Crippen LogP contribution in [0.2, 0.25) is 0 Å². The molecule has 104 valence electrons. The molecule has 1 unspecified atom stereocenters. The number of ether oxygens (including phenoxy) is 1. The third kappa shape index (κ3) is 2.80. The Hall–Kier alpha value is -1.94. The molecule has 4 nitrogen and oxygen atoms in total. The van der Waals surface area contributed by atoms with E-state index in [4.69, 9.17) is 4.74 Å². The standard InChI is InChI=1S/C16H19N3O/c1-17-9-13-10-19-16(11-18-13)20-15-8-4-6-12-5-2-3-7-14(12)15/h2-3,5,7,10-11,15,17H,4,6,8-9H2,1H3. The second-order valence-electron chi connectivity index (χ2n) is 5.07. The fourth-order valence-corrected chi connectivity index (χ4v) is 2.65. The van der Waals surface area contributed by atoms with Crippen molar-refractivity contribution in [1.82, 2.24) is 15.3 Å². The lowest BCUT2D eigenvalue weighted by molar-refractivity contribution is 0.175. The third-order valence-electron chi connectivity index (χ3n) is 3.62. The minimum atomic E-state index is 0.101. The van der Waals surface area contributed by atoms with Crippen molar-refractivity contribution in [2.24, 2.45) is 0 Å². The van der Waals surface area contributed by atoms with Crippen molar-refractivity contribution in [1.29, 1.82) is 0 Å². The Morgan fingerprint density at radius 1 is 1.25 bits per heavy atom. The van der Waals surface area contributed by atoms with Crippen molar-refractivity contribution in [2.75, 3.05) is 7.05 Å². The average molecular weight is 269 g/mol. The number of hydrogen-bond acceptors (Lipinski definition) is 4. The smallest absolute Gasteiger partial charge is 0.232 e. The molecule has 0 bridgehead atoms. The van der Waals surface area contributed by atoms with Crippen LogP contribution in [0.5, 0.6) is 5.88 Å². The van der Waals surface area contributed by atoms with Crippen LogP contribution in [0.4, 0.5) is 0 Å². The SMILES string of the molecule is CNCc1cnc(OC2CCCc3ccccc32)cn1. The minimum absolute atomic E-state index is 0.101. The van der Waals surface area contributed by atoms with Crippen LogP contribution >= 0.6 is 0 Å². The Bertz CT molecular complexity index is 568. The lowest BCUT2D eigenvalue weighted by Crippen LogP contribution is -2.16. The molecule has 0 fully saturated rings. The van der Waals surface area contributed by atoms with Gasteiger partial charge in [0.15, 0.2) is 0 Å². The number of nitrogens with one attached hydrogen (secondary N) is 1. The Kier molecular flexibility index (Phi) is 3.92. The molecule has 1 aromatic heterocycles. The molecule has 20 heavy (non-hydrogen) atoms. The van der Waals surface area contributed by atoms with Crippen molar-refractivity contribution in [3.8, 4) is 5.88 Å². The van der Waals surface area contributed by atoms with E-state index in [-0.39, 0.29) is 6.10 Å². The molecule has 1 aliphatic carbocycles. The van der Waals surface area contributed by atoms with Gasteiger partial charge in [-0.1, -0.05) is 24.3 Å². The van der Waals surface area contributed by atoms with E-state index in [0.717, 1.165) is 31.5 Å². The first-order valence-corrected chi connectivity index (χ1v) is 7.07. The molecule has 4 heteroatoms. The minimum Gasteiger partial charge on any atom is -0.468 e. The molecular formula is C16H19N3O. The quantitative estimate of drug-likeness (QED) is 0.927. The molecule has 1 atom stereocenters. The van der Waals surface area contributed by atoms with Gasteiger partial charge in [-0.3, -0.25) is 4.98 Å². The average Bonchev–Trinajstić information content (AvgIpc) is 2.50. The van der Waals surface area contributed by atoms with Gasteiger partial charge >= 0.3 is 0 Å². The molecule has 3 rings (SSSR count). The van der Waals surface area contributed by atoms with Gasteiger partial charge in [-0.25, -0.2) is 4.98 Å². The number of rotatable bonds is 4. The molecule has 1 aliphatic rings. The number of nitrogens with zero attached hydrogens (tertiary/aromatic N) is 2. The first-order valence-electron chi connectivity index (χ1n) is 7.07. The lowest BCUT2D eigenvalue weighted by Gasteiger charge is -2.25. The number of benzene rings is 1. The highest BCUT2D eigenvalue weighted by Crippen LogP contribution is 2.32. The maximum Gasteiger partial charge on any atom is 0.232 e. The van der Waals surface area contributed by atoms with E-state index in [1.54, 1.807) is 12.4 Å². The van der Waals surface area contributed by atoms with Crippen molar-refractivity contribution in [3.63, 3.8) is 0 Å². The van der Waals surface area contributed by atoms with Gasteiger partial charge in [-0.15, -0.1) is 0 Å². The van der Waals surface area contributed by atoms with Crippen LogP contribution in [-0.2, 0) is 13.0 Å². The van der Waals surface area contributed by atoms with Crippen LogP contribution in [0.3, 0.4) is 0 Å². The lowest BCUT2D eigenvalue weighted by atomic mass is 9.89. The number of aromatic nitrogens is 2. The Morgan fingerprint density at radius 3 is 2.95 bits per heavy atom. The van der Waals surface area contributed by atoms with Crippen molar-refractivity contribution >= 4 is 0 Å². The van der Waals surface area contributed by atoms with E-state index < -0.39 is 0 Å². The van der Waals surface area contributed by atoms with Gasteiger partial charge in [0.25, 0.3) is 0 Å². The highest BCUT2D eigenvalue weighted by molar-refractivity contribution is 5.31. The van der Waals surface area contributed by atoms with Crippen LogP contribution < -0.4 is 10.1 Å². The zero-order valence-corrected chi connectivity index (χ0v) is 11.7. The summed E-state index contributed by atoms with van der Waals surface area (Å²) in [6.45, 7) is 0.722. The van der Waals surface area contributed by atoms with Crippen molar-refractivity contribution in [2.45, 2.75) is 31.9 Å². The van der Waals surface area contributed by atoms with Gasteiger partial charge in [0.1, 0.15) is 6.10 Å². The normalized spacial score (nSPS) is 17.6. The second-order valence-corrected chi connectivity index (χ2v) is 5.07. The van der Waals surface area contributed by atoms with Crippen LogP contribution in [0.25, 0.3) is 0 Å². The van der Waals surface area contributed by atoms with E-state index in [2.05, 4.69) is 39.6 Å². The van der Waals surface area contributed by atoms with Gasteiger partial charge in [0.2, 0.25) is 5.88 Å². The molecule has 0 amide bonds. The van der Waals surface area contributed by atoms with E-state index in [1.165, 1.54) is 11.1 Å². The maximum atomic E-state index is 6.02. The molecule has 0 saturated carbocycles.